The van der Waals surface area contributed by atoms with Gasteiger partial charge in [0.25, 0.3) is 5.91 Å². The lowest BCUT2D eigenvalue weighted by atomic mass is 9.99. The van der Waals surface area contributed by atoms with E-state index in [0.717, 1.165) is 51.4 Å². The maximum absolute atomic E-state index is 13.2. The van der Waals surface area contributed by atoms with Crippen molar-refractivity contribution in [3.05, 3.63) is 29.3 Å². The van der Waals surface area contributed by atoms with Crippen LogP contribution in [0.1, 0.15) is 81.1 Å². The predicted molar refractivity (Wildman–Crippen MR) is 114 cm³/mol. The Bertz CT molecular complexity index is 738. The molecule has 0 saturated carbocycles. The summed E-state index contributed by atoms with van der Waals surface area (Å²) < 4.78 is 27.9. The molecular weight excluding hydrogens is 372 g/mol. The Labute approximate surface area is 170 Å². The number of benzene rings is 1. The van der Waals surface area contributed by atoms with E-state index >= 15 is 0 Å². The number of nitrogens with zero attached hydrogens (tertiary/aromatic N) is 1. The number of amides is 1. The lowest BCUT2D eigenvalue weighted by Gasteiger charge is -2.21. The van der Waals surface area contributed by atoms with Gasteiger partial charge in [-0.2, -0.15) is 4.31 Å². The summed E-state index contributed by atoms with van der Waals surface area (Å²) in [6.45, 7) is 7.87. The molecule has 1 atom stereocenters. The van der Waals surface area contributed by atoms with E-state index < -0.39 is 10.0 Å². The highest BCUT2D eigenvalue weighted by atomic mass is 32.2. The highest BCUT2D eigenvalue weighted by molar-refractivity contribution is 7.89. The van der Waals surface area contributed by atoms with Crippen molar-refractivity contribution >= 4 is 15.9 Å². The van der Waals surface area contributed by atoms with E-state index in [9.17, 15) is 13.2 Å². The molecule has 0 aromatic heterocycles. The Morgan fingerprint density at radius 3 is 2.43 bits per heavy atom. The molecule has 0 radical (unpaired) electrons. The van der Waals surface area contributed by atoms with Crippen molar-refractivity contribution in [1.29, 1.82) is 0 Å². The van der Waals surface area contributed by atoms with E-state index in [1.165, 1.54) is 0 Å². The molecule has 1 amide bonds. The van der Waals surface area contributed by atoms with Crippen LogP contribution >= 0.6 is 0 Å². The van der Waals surface area contributed by atoms with E-state index in [2.05, 4.69) is 19.2 Å². The maximum Gasteiger partial charge on any atom is 0.251 e. The lowest BCUT2D eigenvalue weighted by Crippen LogP contribution is -2.33. The number of carbonyl (C=O) groups excluding carboxylic acids is 1. The number of hydrogen-bond acceptors (Lipinski definition) is 3. The fourth-order valence-corrected chi connectivity index (χ4v) is 5.49. The van der Waals surface area contributed by atoms with Gasteiger partial charge in [0.1, 0.15) is 0 Å². The minimum atomic E-state index is -3.57. The molecule has 1 heterocycles. The van der Waals surface area contributed by atoms with Crippen LogP contribution < -0.4 is 5.32 Å². The Hall–Kier alpha value is -1.40. The summed E-state index contributed by atoms with van der Waals surface area (Å²) in [5.74, 6) is 0.275. The number of rotatable bonds is 9. The summed E-state index contributed by atoms with van der Waals surface area (Å²) in [6.07, 6.45) is 8.40. The van der Waals surface area contributed by atoms with Crippen molar-refractivity contribution in [2.24, 2.45) is 5.92 Å². The highest BCUT2D eigenvalue weighted by Gasteiger charge is 2.27. The maximum atomic E-state index is 13.2. The molecule has 0 unspecified atom stereocenters. The highest BCUT2D eigenvalue weighted by Crippen LogP contribution is 2.24. The van der Waals surface area contributed by atoms with Crippen LogP contribution in [-0.4, -0.2) is 38.3 Å². The average molecular weight is 409 g/mol. The SMILES string of the molecule is CCCC[C@@H](CC)CNC(=O)c1ccc(C)c(S(=O)(=O)N2CCCCCC2)c1. The van der Waals surface area contributed by atoms with Gasteiger partial charge >= 0.3 is 0 Å². The second-order valence-electron chi connectivity index (χ2n) is 7.93. The summed E-state index contributed by atoms with van der Waals surface area (Å²) in [5, 5.41) is 3.00. The molecular formula is C22H36N2O3S. The van der Waals surface area contributed by atoms with Gasteiger partial charge in [0.2, 0.25) is 10.0 Å². The molecule has 0 spiro atoms. The van der Waals surface area contributed by atoms with E-state index in [1.54, 1.807) is 29.4 Å². The summed E-state index contributed by atoms with van der Waals surface area (Å²) >= 11 is 0. The van der Waals surface area contributed by atoms with Gasteiger partial charge in [-0.3, -0.25) is 4.79 Å². The Morgan fingerprint density at radius 2 is 1.82 bits per heavy atom. The quantitative estimate of drug-likeness (QED) is 0.654. The van der Waals surface area contributed by atoms with Crippen LogP contribution in [0.4, 0.5) is 0 Å². The minimum Gasteiger partial charge on any atom is -0.352 e. The van der Waals surface area contributed by atoms with Gasteiger partial charge in [0, 0.05) is 25.2 Å². The summed E-state index contributed by atoms with van der Waals surface area (Å²) in [6, 6.07) is 5.02. The third kappa shape index (κ3) is 6.05. The molecule has 1 N–H and O–H groups in total. The van der Waals surface area contributed by atoms with E-state index in [1.807, 2.05) is 0 Å². The number of aryl methyl sites for hydroxylation is 1. The molecule has 1 aliphatic heterocycles. The van der Waals surface area contributed by atoms with Gasteiger partial charge in [0.15, 0.2) is 0 Å². The standard InChI is InChI=1S/C22H36N2O3S/c1-4-6-11-19(5-2)17-23-22(25)20-13-12-18(3)21(16-20)28(26,27)24-14-9-7-8-10-15-24/h12-13,16,19H,4-11,14-15,17H2,1-3H3,(H,23,25)/t19-/m1/s1. The number of carbonyl (C=O) groups is 1. The molecule has 1 aliphatic rings. The van der Waals surface area contributed by atoms with Crippen molar-refractivity contribution in [2.45, 2.75) is 77.0 Å². The molecule has 1 saturated heterocycles. The molecule has 0 bridgehead atoms. The van der Waals surface area contributed by atoms with E-state index in [-0.39, 0.29) is 10.8 Å². The van der Waals surface area contributed by atoms with Crippen molar-refractivity contribution in [1.82, 2.24) is 9.62 Å². The molecule has 5 nitrogen and oxygen atoms in total. The van der Waals surface area contributed by atoms with Gasteiger partial charge < -0.3 is 5.32 Å². The van der Waals surface area contributed by atoms with Crippen LogP contribution in [0.2, 0.25) is 0 Å². The Balaban J connectivity index is 2.14. The number of nitrogens with one attached hydrogen (secondary N) is 1. The fraction of sp³-hybridized carbons (Fsp3) is 0.682. The van der Waals surface area contributed by atoms with Gasteiger partial charge in [-0.25, -0.2) is 8.42 Å². The first-order chi connectivity index (χ1) is 13.4. The number of unbranched alkanes of at least 4 members (excludes halogenated alkanes) is 1. The van der Waals surface area contributed by atoms with Crippen LogP contribution in [0, 0.1) is 12.8 Å². The smallest absolute Gasteiger partial charge is 0.251 e. The minimum absolute atomic E-state index is 0.192. The zero-order chi connectivity index (χ0) is 20.6. The summed E-state index contributed by atoms with van der Waals surface area (Å²) in [5.41, 5.74) is 1.11. The lowest BCUT2D eigenvalue weighted by molar-refractivity contribution is 0.0945. The van der Waals surface area contributed by atoms with Crippen LogP contribution in [0.15, 0.2) is 23.1 Å². The first-order valence-corrected chi connectivity index (χ1v) is 12.2. The molecule has 28 heavy (non-hydrogen) atoms. The van der Waals surface area contributed by atoms with E-state index in [4.69, 9.17) is 0 Å². The average Bonchev–Trinajstić information content (AvgIpc) is 2.98. The first kappa shape index (κ1) is 22.9. The number of sulfonamides is 1. The fourth-order valence-electron chi connectivity index (χ4n) is 3.72. The van der Waals surface area contributed by atoms with Crippen molar-refractivity contribution in [2.75, 3.05) is 19.6 Å². The third-order valence-electron chi connectivity index (χ3n) is 5.73. The monoisotopic (exact) mass is 408 g/mol. The topological polar surface area (TPSA) is 66.5 Å². The molecule has 1 fully saturated rings. The molecule has 2 rings (SSSR count). The second kappa shape index (κ2) is 11.0. The largest absolute Gasteiger partial charge is 0.352 e. The summed E-state index contributed by atoms with van der Waals surface area (Å²) in [7, 11) is -3.57. The van der Waals surface area contributed by atoms with Crippen LogP contribution in [0.3, 0.4) is 0 Å². The van der Waals surface area contributed by atoms with E-state index in [0.29, 0.717) is 36.7 Å². The van der Waals surface area contributed by atoms with Gasteiger partial charge in [-0.15, -0.1) is 0 Å². The van der Waals surface area contributed by atoms with Crippen LogP contribution in [0.25, 0.3) is 0 Å². The number of hydrogen-bond donors (Lipinski definition) is 1. The van der Waals surface area contributed by atoms with Gasteiger partial charge in [-0.05, 0) is 49.8 Å². The molecule has 6 heteroatoms. The third-order valence-corrected chi connectivity index (χ3v) is 7.77. The molecule has 1 aromatic carbocycles. The Morgan fingerprint density at radius 1 is 1.14 bits per heavy atom. The molecule has 158 valence electrons. The van der Waals surface area contributed by atoms with Crippen LogP contribution in [0.5, 0.6) is 0 Å². The second-order valence-corrected chi connectivity index (χ2v) is 9.83. The Kier molecular flexibility index (Phi) is 8.96. The first-order valence-electron chi connectivity index (χ1n) is 10.8. The van der Waals surface area contributed by atoms with Gasteiger partial charge in [-0.1, -0.05) is 52.0 Å². The van der Waals surface area contributed by atoms with Crippen molar-refractivity contribution < 1.29 is 13.2 Å². The normalized spacial score (nSPS) is 17.1. The van der Waals surface area contributed by atoms with Crippen LogP contribution in [-0.2, 0) is 10.0 Å². The van der Waals surface area contributed by atoms with Crippen molar-refractivity contribution in [3.63, 3.8) is 0 Å². The summed E-state index contributed by atoms with van der Waals surface area (Å²) in [4.78, 5) is 12.9. The zero-order valence-electron chi connectivity index (χ0n) is 17.7. The predicted octanol–water partition coefficient (Wildman–Crippen LogP) is 4.51. The van der Waals surface area contributed by atoms with Crippen molar-refractivity contribution in [3.8, 4) is 0 Å². The molecule has 1 aromatic rings. The van der Waals surface area contributed by atoms with Gasteiger partial charge in [0.05, 0.1) is 4.90 Å². The zero-order valence-corrected chi connectivity index (χ0v) is 18.5. The molecule has 0 aliphatic carbocycles.